The van der Waals surface area contributed by atoms with Gasteiger partial charge in [0.05, 0.1) is 25.6 Å². The summed E-state index contributed by atoms with van der Waals surface area (Å²) in [6, 6.07) is 18.2. The van der Waals surface area contributed by atoms with Crippen molar-refractivity contribution in [3.63, 3.8) is 0 Å². The van der Waals surface area contributed by atoms with Gasteiger partial charge in [-0.3, -0.25) is 9.52 Å². The molecule has 0 aliphatic carbocycles. The third-order valence-corrected chi connectivity index (χ3v) is 7.75. The predicted molar refractivity (Wildman–Crippen MR) is 116 cm³/mol. The zero-order chi connectivity index (χ0) is 21.5. The van der Waals surface area contributed by atoms with E-state index in [0.717, 1.165) is 4.70 Å². The van der Waals surface area contributed by atoms with Gasteiger partial charge in [-0.2, -0.15) is 0 Å². The highest BCUT2D eigenvalue weighted by Gasteiger charge is 2.16. The van der Waals surface area contributed by atoms with Crippen molar-refractivity contribution >= 4 is 47.4 Å². The highest BCUT2D eigenvalue weighted by atomic mass is 32.2. The van der Waals surface area contributed by atoms with E-state index in [0.29, 0.717) is 11.1 Å². The molecule has 154 valence electrons. The van der Waals surface area contributed by atoms with E-state index in [1.54, 1.807) is 24.3 Å². The fourth-order valence-corrected chi connectivity index (χ4v) is 5.40. The lowest BCUT2D eigenvalue weighted by molar-refractivity contribution is 0.597. The lowest BCUT2D eigenvalue weighted by Gasteiger charge is -2.09. The summed E-state index contributed by atoms with van der Waals surface area (Å²) < 4.78 is 52.5. The number of nitrogens with zero attached hydrogens (tertiary/aromatic N) is 1. The Morgan fingerprint density at radius 3 is 2.00 bits per heavy atom. The summed E-state index contributed by atoms with van der Waals surface area (Å²) in [5.41, 5.74) is 0.573. The van der Waals surface area contributed by atoms with Gasteiger partial charge in [-0.1, -0.05) is 23.7 Å². The monoisotopic (exact) mass is 461 g/mol. The molecule has 0 amide bonds. The molecule has 1 heterocycles. The van der Waals surface area contributed by atoms with Crippen LogP contribution in [-0.4, -0.2) is 20.8 Å². The van der Waals surface area contributed by atoms with Crippen LogP contribution in [0.25, 0.3) is 15.8 Å². The van der Waals surface area contributed by atoms with Gasteiger partial charge < -0.3 is 0 Å². The Hall–Kier alpha value is -2.99. The van der Waals surface area contributed by atoms with Gasteiger partial charge in [0.15, 0.2) is 0 Å². The molecule has 1 aromatic heterocycles. The summed E-state index contributed by atoms with van der Waals surface area (Å²) in [5, 5.41) is 5.63. The molecule has 3 aromatic carbocycles. The van der Waals surface area contributed by atoms with Crippen LogP contribution in [0.1, 0.15) is 0 Å². The number of nitrogens with one attached hydrogen (secondary N) is 1. The van der Waals surface area contributed by atoms with Crippen molar-refractivity contribution in [1.82, 2.24) is 3.96 Å². The Morgan fingerprint density at radius 1 is 0.800 bits per heavy atom. The molecule has 0 spiro atoms. The average Bonchev–Trinajstić information content (AvgIpc) is 3.04. The van der Waals surface area contributed by atoms with E-state index in [1.807, 2.05) is 12.1 Å². The standard InChI is InChI=1S/C19H15N3O5S3/c20-29(24,25)15-9-5-13(6-10-15)21-30(26,27)16-11-7-14(8-12-16)22-19(23)17-3-1-2-4-18(17)28-22/h1-12,21H,(H2,20,24,25). The van der Waals surface area contributed by atoms with E-state index in [2.05, 4.69) is 4.72 Å². The van der Waals surface area contributed by atoms with Crippen LogP contribution in [0, 0.1) is 0 Å². The zero-order valence-corrected chi connectivity index (χ0v) is 17.7. The molecule has 0 atom stereocenters. The molecule has 0 saturated heterocycles. The van der Waals surface area contributed by atoms with Gasteiger partial charge in [-0.25, -0.2) is 25.9 Å². The number of fused-ring (bicyclic) bond motifs is 1. The Balaban J connectivity index is 1.61. The fourth-order valence-electron chi connectivity index (χ4n) is 2.83. The minimum absolute atomic E-state index is 0.00377. The van der Waals surface area contributed by atoms with Crippen molar-refractivity contribution in [1.29, 1.82) is 0 Å². The van der Waals surface area contributed by atoms with E-state index in [-0.39, 0.29) is 21.0 Å². The third kappa shape index (κ3) is 3.87. The number of primary sulfonamides is 1. The second kappa shape index (κ2) is 7.36. The van der Waals surface area contributed by atoms with E-state index < -0.39 is 20.0 Å². The first-order valence-electron chi connectivity index (χ1n) is 8.52. The van der Waals surface area contributed by atoms with E-state index in [4.69, 9.17) is 5.14 Å². The number of anilines is 1. The molecule has 0 unspecified atom stereocenters. The number of aromatic nitrogens is 1. The molecule has 0 fully saturated rings. The Labute approximate surface area is 176 Å². The maximum atomic E-state index is 12.6. The number of rotatable bonds is 5. The number of hydrogen-bond donors (Lipinski definition) is 2. The van der Waals surface area contributed by atoms with Gasteiger partial charge in [-0.15, -0.1) is 0 Å². The highest BCUT2D eigenvalue weighted by molar-refractivity contribution is 7.92. The van der Waals surface area contributed by atoms with Gasteiger partial charge in [0.25, 0.3) is 15.6 Å². The molecule has 0 bridgehead atoms. The van der Waals surface area contributed by atoms with Crippen LogP contribution in [0.2, 0.25) is 0 Å². The van der Waals surface area contributed by atoms with E-state index in [1.165, 1.54) is 51.9 Å². The van der Waals surface area contributed by atoms with Crippen molar-refractivity contribution in [2.24, 2.45) is 5.14 Å². The van der Waals surface area contributed by atoms with Crippen molar-refractivity contribution < 1.29 is 16.8 Å². The molecular formula is C19H15N3O5S3. The maximum Gasteiger partial charge on any atom is 0.273 e. The molecule has 30 heavy (non-hydrogen) atoms. The molecule has 0 aliphatic rings. The molecule has 4 rings (SSSR count). The van der Waals surface area contributed by atoms with Crippen LogP contribution < -0.4 is 15.4 Å². The van der Waals surface area contributed by atoms with Gasteiger partial charge in [0.2, 0.25) is 10.0 Å². The lowest BCUT2D eigenvalue weighted by Crippen LogP contribution is -2.15. The highest BCUT2D eigenvalue weighted by Crippen LogP contribution is 2.22. The molecule has 0 aliphatic heterocycles. The lowest BCUT2D eigenvalue weighted by atomic mass is 10.3. The average molecular weight is 462 g/mol. The Kier molecular flexibility index (Phi) is 4.98. The van der Waals surface area contributed by atoms with Gasteiger partial charge >= 0.3 is 0 Å². The Bertz CT molecular complexity index is 1500. The van der Waals surface area contributed by atoms with Gasteiger partial charge in [-0.05, 0) is 60.7 Å². The maximum absolute atomic E-state index is 12.6. The van der Waals surface area contributed by atoms with Crippen LogP contribution in [0.5, 0.6) is 0 Å². The Morgan fingerprint density at radius 2 is 1.40 bits per heavy atom. The minimum Gasteiger partial charge on any atom is -0.280 e. The summed E-state index contributed by atoms with van der Waals surface area (Å²) in [5.74, 6) is 0. The van der Waals surface area contributed by atoms with Crippen molar-refractivity contribution in [3.05, 3.63) is 83.2 Å². The second-order valence-electron chi connectivity index (χ2n) is 6.36. The number of hydrogen-bond acceptors (Lipinski definition) is 6. The quantitative estimate of drug-likeness (QED) is 0.472. The topological polar surface area (TPSA) is 128 Å². The summed E-state index contributed by atoms with van der Waals surface area (Å²) in [6.45, 7) is 0. The molecule has 8 nitrogen and oxygen atoms in total. The number of benzene rings is 3. The van der Waals surface area contributed by atoms with Crippen LogP contribution in [-0.2, 0) is 20.0 Å². The second-order valence-corrected chi connectivity index (χ2v) is 10.6. The van der Waals surface area contributed by atoms with E-state index in [9.17, 15) is 21.6 Å². The first-order valence-corrected chi connectivity index (χ1v) is 12.3. The largest absolute Gasteiger partial charge is 0.280 e. The molecule has 0 saturated carbocycles. The van der Waals surface area contributed by atoms with Crippen LogP contribution >= 0.6 is 11.5 Å². The molecule has 4 aromatic rings. The van der Waals surface area contributed by atoms with Gasteiger partial charge in [0.1, 0.15) is 0 Å². The third-order valence-electron chi connectivity index (χ3n) is 4.31. The number of sulfonamides is 2. The molecular weight excluding hydrogens is 446 g/mol. The van der Waals surface area contributed by atoms with Crippen molar-refractivity contribution in [2.75, 3.05) is 4.72 Å². The first kappa shape index (κ1) is 20.3. The van der Waals surface area contributed by atoms with Crippen LogP contribution in [0.15, 0.2) is 87.4 Å². The smallest absolute Gasteiger partial charge is 0.273 e. The van der Waals surface area contributed by atoms with E-state index >= 15 is 0 Å². The van der Waals surface area contributed by atoms with Crippen LogP contribution in [0.3, 0.4) is 0 Å². The summed E-state index contributed by atoms with van der Waals surface area (Å²) >= 11 is 1.28. The van der Waals surface area contributed by atoms with Gasteiger partial charge in [0, 0.05) is 5.69 Å². The predicted octanol–water partition coefficient (Wildman–Crippen LogP) is 2.50. The molecule has 0 radical (unpaired) electrons. The van der Waals surface area contributed by atoms with Crippen LogP contribution in [0.4, 0.5) is 5.69 Å². The first-order chi connectivity index (χ1) is 14.1. The van der Waals surface area contributed by atoms with Crippen molar-refractivity contribution in [2.45, 2.75) is 9.79 Å². The zero-order valence-electron chi connectivity index (χ0n) is 15.2. The normalized spacial score (nSPS) is 12.2. The molecule has 3 N–H and O–H groups in total. The van der Waals surface area contributed by atoms with Crippen molar-refractivity contribution in [3.8, 4) is 5.69 Å². The molecule has 11 heteroatoms. The fraction of sp³-hybridized carbons (Fsp3) is 0. The summed E-state index contributed by atoms with van der Waals surface area (Å²) in [6.07, 6.45) is 0. The number of nitrogens with two attached hydrogens (primary N) is 1. The SMILES string of the molecule is NS(=O)(=O)c1ccc(NS(=O)(=O)c2ccc(-n3sc4ccccc4c3=O)cc2)cc1. The minimum atomic E-state index is -3.91. The summed E-state index contributed by atoms with van der Waals surface area (Å²) in [4.78, 5) is 12.4. The summed E-state index contributed by atoms with van der Waals surface area (Å²) in [7, 11) is -7.77.